The molecule has 3 nitrogen and oxygen atoms in total. The van der Waals surface area contributed by atoms with Crippen LogP contribution in [-0.4, -0.2) is 20.2 Å². The van der Waals surface area contributed by atoms with Crippen LogP contribution < -0.4 is 15.4 Å². The van der Waals surface area contributed by atoms with Gasteiger partial charge in [-0.25, -0.2) is 0 Å². The van der Waals surface area contributed by atoms with Crippen LogP contribution in [0.3, 0.4) is 0 Å². The van der Waals surface area contributed by atoms with Gasteiger partial charge in [-0.2, -0.15) is 0 Å². The van der Waals surface area contributed by atoms with Crippen molar-refractivity contribution in [2.75, 3.05) is 19.1 Å². The highest BCUT2D eigenvalue weighted by Gasteiger charge is 2.10. The second kappa shape index (κ2) is 6.83. The number of methoxy groups -OCH3 is 1. The van der Waals surface area contributed by atoms with Crippen LogP contribution in [0.25, 0.3) is 0 Å². The molecule has 0 aliphatic heterocycles. The molecule has 0 spiro atoms. The molecule has 2 rings (SSSR count). The molecule has 0 bridgehead atoms. The smallest absolute Gasteiger partial charge is 0.120 e. The number of anilines is 2. The highest BCUT2D eigenvalue weighted by molar-refractivity contribution is 6.33. The van der Waals surface area contributed by atoms with Crippen LogP contribution in [0.15, 0.2) is 42.5 Å². The Labute approximate surface area is 131 Å². The number of hydrogen-bond acceptors (Lipinski definition) is 3. The molecule has 2 N–H and O–H groups in total. The van der Waals surface area contributed by atoms with Crippen molar-refractivity contribution in [1.82, 2.24) is 0 Å². The highest BCUT2D eigenvalue weighted by atomic mass is 35.5. The predicted octanol–water partition coefficient (Wildman–Crippen LogP) is 4.01. The number of nitrogens with two attached hydrogens (primary N) is 1. The summed E-state index contributed by atoms with van der Waals surface area (Å²) in [6, 6.07) is 14.1. The number of rotatable bonds is 5. The first-order chi connectivity index (χ1) is 10.0. The molecule has 1 unspecified atom stereocenters. The number of hydrogen-bond donors (Lipinski definition) is 1. The predicted molar refractivity (Wildman–Crippen MR) is 89.9 cm³/mol. The van der Waals surface area contributed by atoms with Crippen molar-refractivity contribution >= 4 is 23.0 Å². The van der Waals surface area contributed by atoms with E-state index in [4.69, 9.17) is 22.1 Å². The molecule has 0 aliphatic carbocycles. The van der Waals surface area contributed by atoms with Gasteiger partial charge in [-0.05, 0) is 43.2 Å². The largest absolute Gasteiger partial charge is 0.497 e. The fourth-order valence-electron chi connectivity index (χ4n) is 2.28. The maximum atomic E-state index is 6.42. The molecule has 21 heavy (non-hydrogen) atoms. The lowest BCUT2D eigenvalue weighted by Crippen LogP contribution is -2.18. The van der Waals surface area contributed by atoms with Crippen molar-refractivity contribution < 1.29 is 4.74 Å². The average molecular weight is 305 g/mol. The van der Waals surface area contributed by atoms with E-state index in [-0.39, 0.29) is 6.04 Å². The summed E-state index contributed by atoms with van der Waals surface area (Å²) in [5.41, 5.74) is 8.96. The van der Waals surface area contributed by atoms with Crippen LogP contribution in [0.1, 0.15) is 12.5 Å². The van der Waals surface area contributed by atoms with Crippen LogP contribution >= 0.6 is 11.6 Å². The summed E-state index contributed by atoms with van der Waals surface area (Å²) in [7, 11) is 3.65. The van der Waals surface area contributed by atoms with E-state index in [1.807, 2.05) is 55.3 Å². The molecule has 112 valence electrons. The van der Waals surface area contributed by atoms with Gasteiger partial charge in [0.15, 0.2) is 0 Å². The van der Waals surface area contributed by atoms with Crippen molar-refractivity contribution in [3.8, 4) is 5.75 Å². The summed E-state index contributed by atoms with van der Waals surface area (Å²) < 4.78 is 5.26. The van der Waals surface area contributed by atoms with Gasteiger partial charge in [0.25, 0.3) is 0 Å². The Bertz CT molecular complexity index is 613. The van der Waals surface area contributed by atoms with Gasteiger partial charge in [0.2, 0.25) is 0 Å². The standard InChI is InChI=1S/C17H21ClN2O/c1-12(19)9-13-7-8-17(16(18)10-13)20(2)14-5-4-6-15(11-14)21-3/h4-8,10-12H,9,19H2,1-3H3. The summed E-state index contributed by atoms with van der Waals surface area (Å²) in [5.74, 6) is 0.823. The molecule has 0 aromatic heterocycles. The summed E-state index contributed by atoms with van der Waals surface area (Å²) in [4.78, 5) is 2.04. The zero-order valence-corrected chi connectivity index (χ0v) is 13.4. The molecule has 2 aromatic carbocycles. The second-order valence-corrected chi connectivity index (χ2v) is 5.63. The van der Waals surface area contributed by atoms with Gasteiger partial charge in [0.1, 0.15) is 5.75 Å². The van der Waals surface area contributed by atoms with Crippen LogP contribution in [0.2, 0.25) is 5.02 Å². The Morgan fingerprint density at radius 1 is 1.24 bits per heavy atom. The van der Waals surface area contributed by atoms with Gasteiger partial charge in [-0.1, -0.05) is 23.7 Å². The summed E-state index contributed by atoms with van der Waals surface area (Å²) in [6.45, 7) is 1.99. The first-order valence-corrected chi connectivity index (χ1v) is 7.31. The van der Waals surface area contributed by atoms with Crippen LogP contribution in [-0.2, 0) is 6.42 Å². The molecule has 0 radical (unpaired) electrons. The van der Waals surface area contributed by atoms with Gasteiger partial charge in [-0.15, -0.1) is 0 Å². The maximum absolute atomic E-state index is 6.42. The van der Waals surface area contributed by atoms with E-state index >= 15 is 0 Å². The monoisotopic (exact) mass is 304 g/mol. The SMILES string of the molecule is COc1cccc(N(C)c2ccc(CC(C)N)cc2Cl)c1. The van der Waals surface area contributed by atoms with Crippen molar-refractivity contribution in [2.24, 2.45) is 5.73 Å². The van der Waals surface area contributed by atoms with Crippen molar-refractivity contribution in [3.63, 3.8) is 0 Å². The molecular weight excluding hydrogens is 284 g/mol. The van der Waals surface area contributed by atoms with E-state index in [1.165, 1.54) is 0 Å². The van der Waals surface area contributed by atoms with Crippen LogP contribution in [0.5, 0.6) is 5.75 Å². The molecule has 0 heterocycles. The van der Waals surface area contributed by atoms with E-state index in [0.717, 1.165) is 34.1 Å². The Morgan fingerprint density at radius 2 is 2.00 bits per heavy atom. The van der Waals surface area contributed by atoms with Gasteiger partial charge in [-0.3, -0.25) is 0 Å². The molecular formula is C17H21ClN2O. The van der Waals surface area contributed by atoms with E-state index in [9.17, 15) is 0 Å². The zero-order valence-electron chi connectivity index (χ0n) is 12.6. The van der Waals surface area contributed by atoms with Gasteiger partial charge in [0.05, 0.1) is 17.8 Å². The Hall–Kier alpha value is -1.71. The van der Waals surface area contributed by atoms with Crippen molar-refractivity contribution in [2.45, 2.75) is 19.4 Å². The molecule has 4 heteroatoms. The van der Waals surface area contributed by atoms with E-state index in [1.54, 1.807) is 7.11 Å². The summed E-state index contributed by atoms with van der Waals surface area (Å²) >= 11 is 6.42. The van der Waals surface area contributed by atoms with Gasteiger partial charge < -0.3 is 15.4 Å². The third-order valence-corrected chi connectivity index (χ3v) is 3.67. The third-order valence-electron chi connectivity index (χ3n) is 3.37. The lowest BCUT2D eigenvalue weighted by Gasteiger charge is -2.22. The minimum absolute atomic E-state index is 0.128. The first kappa shape index (κ1) is 15.7. The molecule has 0 saturated carbocycles. The number of ether oxygens (including phenoxy) is 1. The van der Waals surface area contributed by atoms with Crippen molar-refractivity contribution in [1.29, 1.82) is 0 Å². The molecule has 0 aliphatic rings. The van der Waals surface area contributed by atoms with E-state index in [2.05, 4.69) is 6.07 Å². The lowest BCUT2D eigenvalue weighted by atomic mass is 10.1. The summed E-state index contributed by atoms with van der Waals surface area (Å²) in [6.07, 6.45) is 0.822. The van der Waals surface area contributed by atoms with E-state index < -0.39 is 0 Å². The Morgan fingerprint density at radius 3 is 2.62 bits per heavy atom. The molecule has 2 aromatic rings. The Balaban J connectivity index is 2.28. The van der Waals surface area contributed by atoms with Crippen LogP contribution in [0, 0.1) is 0 Å². The normalized spacial score (nSPS) is 12.0. The fourth-order valence-corrected chi connectivity index (χ4v) is 2.61. The molecule has 0 amide bonds. The van der Waals surface area contributed by atoms with E-state index in [0.29, 0.717) is 0 Å². The molecule has 1 atom stereocenters. The zero-order chi connectivity index (χ0) is 15.4. The maximum Gasteiger partial charge on any atom is 0.120 e. The minimum atomic E-state index is 0.128. The molecule has 0 fully saturated rings. The van der Waals surface area contributed by atoms with Crippen LogP contribution in [0.4, 0.5) is 11.4 Å². The Kier molecular flexibility index (Phi) is 5.10. The second-order valence-electron chi connectivity index (χ2n) is 5.23. The van der Waals surface area contributed by atoms with Crippen molar-refractivity contribution in [3.05, 3.63) is 53.1 Å². The first-order valence-electron chi connectivity index (χ1n) is 6.93. The quantitative estimate of drug-likeness (QED) is 0.907. The number of benzene rings is 2. The third kappa shape index (κ3) is 3.90. The topological polar surface area (TPSA) is 38.5 Å². The lowest BCUT2D eigenvalue weighted by molar-refractivity contribution is 0.415. The number of halogens is 1. The van der Waals surface area contributed by atoms with Gasteiger partial charge in [0, 0.05) is 24.8 Å². The average Bonchev–Trinajstić information content (AvgIpc) is 2.46. The minimum Gasteiger partial charge on any atom is -0.497 e. The highest BCUT2D eigenvalue weighted by Crippen LogP contribution is 2.32. The molecule has 0 saturated heterocycles. The van der Waals surface area contributed by atoms with Gasteiger partial charge >= 0.3 is 0 Å². The fraction of sp³-hybridized carbons (Fsp3) is 0.294. The number of nitrogens with zero attached hydrogens (tertiary/aromatic N) is 1. The summed E-state index contributed by atoms with van der Waals surface area (Å²) in [5, 5.41) is 0.721.